The summed E-state index contributed by atoms with van der Waals surface area (Å²) in [4.78, 5) is 15.2. The molecule has 0 saturated carbocycles. The Morgan fingerprint density at radius 1 is 1.20 bits per heavy atom. The van der Waals surface area contributed by atoms with Crippen LogP contribution in [0, 0.1) is 0 Å². The molecule has 1 unspecified atom stereocenters. The quantitative estimate of drug-likeness (QED) is 0.573. The van der Waals surface area contributed by atoms with Crippen LogP contribution in [-0.4, -0.2) is 47.0 Å². The molecule has 2 heterocycles. The highest BCUT2D eigenvalue weighted by atomic mass is 16.5. The predicted octanol–water partition coefficient (Wildman–Crippen LogP) is 3.76. The second kappa shape index (κ2) is 9.59. The van der Waals surface area contributed by atoms with E-state index in [0.29, 0.717) is 25.2 Å². The summed E-state index contributed by atoms with van der Waals surface area (Å²) in [7, 11) is 1.66. The molecule has 1 saturated heterocycles. The van der Waals surface area contributed by atoms with Crippen LogP contribution in [0.3, 0.4) is 0 Å². The van der Waals surface area contributed by atoms with Gasteiger partial charge in [-0.15, -0.1) is 0 Å². The number of ether oxygens (including phenoxy) is 2. The summed E-state index contributed by atoms with van der Waals surface area (Å²) in [6.45, 7) is 2.51. The highest BCUT2D eigenvalue weighted by Gasteiger charge is 2.24. The molecule has 6 nitrogen and oxygen atoms in total. The van der Waals surface area contributed by atoms with E-state index in [0.717, 1.165) is 36.3 Å². The van der Waals surface area contributed by atoms with Gasteiger partial charge in [0, 0.05) is 43.2 Å². The number of aromatic nitrogens is 2. The Morgan fingerprint density at radius 2 is 2.03 bits per heavy atom. The van der Waals surface area contributed by atoms with Crippen LogP contribution in [0.1, 0.15) is 34.3 Å². The van der Waals surface area contributed by atoms with E-state index in [1.165, 1.54) is 0 Å². The van der Waals surface area contributed by atoms with Crippen LogP contribution < -0.4 is 4.74 Å². The van der Waals surface area contributed by atoms with E-state index in [2.05, 4.69) is 5.10 Å². The fourth-order valence-electron chi connectivity index (χ4n) is 3.81. The van der Waals surface area contributed by atoms with Crippen LogP contribution in [-0.2, 0) is 17.8 Å². The van der Waals surface area contributed by atoms with Crippen LogP contribution in [0.4, 0.5) is 0 Å². The molecule has 1 fully saturated rings. The molecule has 1 aromatic heterocycles. The second-order valence-electron chi connectivity index (χ2n) is 7.53. The zero-order valence-corrected chi connectivity index (χ0v) is 17.2. The minimum Gasteiger partial charge on any atom is -0.496 e. The van der Waals surface area contributed by atoms with E-state index >= 15 is 0 Å². The monoisotopic (exact) mass is 405 g/mol. The Labute approximate surface area is 177 Å². The highest BCUT2D eigenvalue weighted by Crippen LogP contribution is 2.22. The number of amides is 1. The first-order chi connectivity index (χ1) is 14.7. The Hall–Kier alpha value is -3.12. The van der Waals surface area contributed by atoms with Gasteiger partial charge < -0.3 is 14.4 Å². The molecule has 2 aromatic carbocycles. The summed E-state index contributed by atoms with van der Waals surface area (Å²) in [5.74, 6) is 0.791. The van der Waals surface area contributed by atoms with Gasteiger partial charge in [0.2, 0.25) is 0 Å². The molecule has 0 aliphatic carbocycles. The van der Waals surface area contributed by atoms with Crippen molar-refractivity contribution in [3.8, 4) is 5.75 Å². The minimum absolute atomic E-state index is 0.00189. The SMILES string of the molecule is COc1ccccc1CN(CC1CCCO1)C(=O)c1ccc(Cn2cccn2)cc1. The molecule has 1 aliphatic rings. The van der Waals surface area contributed by atoms with Crippen LogP contribution in [0.2, 0.25) is 0 Å². The van der Waals surface area contributed by atoms with Crippen LogP contribution >= 0.6 is 0 Å². The molecular weight excluding hydrogens is 378 g/mol. The third-order valence-corrected chi connectivity index (χ3v) is 5.39. The Morgan fingerprint density at radius 3 is 2.73 bits per heavy atom. The van der Waals surface area contributed by atoms with E-state index in [4.69, 9.17) is 9.47 Å². The van der Waals surface area contributed by atoms with Gasteiger partial charge in [-0.3, -0.25) is 9.48 Å². The number of hydrogen-bond acceptors (Lipinski definition) is 4. The normalized spacial score (nSPS) is 15.8. The molecule has 0 radical (unpaired) electrons. The lowest BCUT2D eigenvalue weighted by molar-refractivity contribution is 0.0505. The summed E-state index contributed by atoms with van der Waals surface area (Å²) >= 11 is 0. The van der Waals surface area contributed by atoms with E-state index in [9.17, 15) is 4.79 Å². The number of hydrogen-bond donors (Lipinski definition) is 0. The zero-order valence-electron chi connectivity index (χ0n) is 17.2. The van der Waals surface area contributed by atoms with Gasteiger partial charge in [0.15, 0.2) is 0 Å². The topological polar surface area (TPSA) is 56.6 Å². The molecule has 3 aromatic rings. The maximum absolute atomic E-state index is 13.4. The van der Waals surface area contributed by atoms with Gasteiger partial charge in [0.1, 0.15) is 5.75 Å². The van der Waals surface area contributed by atoms with Crippen LogP contribution in [0.25, 0.3) is 0 Å². The average molecular weight is 405 g/mol. The standard InChI is InChI=1S/C24H27N3O3/c1-29-23-8-3-2-6-21(23)17-26(18-22-7-4-15-30-22)24(28)20-11-9-19(10-12-20)16-27-14-5-13-25-27/h2-3,5-6,8-14,22H,4,7,15-18H2,1H3. The fraction of sp³-hybridized carbons (Fsp3) is 0.333. The number of benzene rings is 2. The first-order valence-corrected chi connectivity index (χ1v) is 10.3. The van der Waals surface area contributed by atoms with E-state index in [-0.39, 0.29) is 12.0 Å². The lowest BCUT2D eigenvalue weighted by Gasteiger charge is -2.26. The number of carbonyl (C=O) groups excluding carboxylic acids is 1. The Kier molecular flexibility index (Phi) is 6.44. The third-order valence-electron chi connectivity index (χ3n) is 5.39. The molecule has 30 heavy (non-hydrogen) atoms. The van der Waals surface area contributed by atoms with Gasteiger partial charge in [0.05, 0.1) is 19.8 Å². The highest BCUT2D eigenvalue weighted by molar-refractivity contribution is 5.94. The van der Waals surface area contributed by atoms with Crippen LogP contribution in [0.15, 0.2) is 67.0 Å². The van der Waals surface area contributed by atoms with Gasteiger partial charge in [-0.25, -0.2) is 0 Å². The van der Waals surface area contributed by atoms with Gasteiger partial charge in [-0.2, -0.15) is 5.10 Å². The van der Waals surface area contributed by atoms with E-state index in [1.54, 1.807) is 13.3 Å². The fourth-order valence-corrected chi connectivity index (χ4v) is 3.81. The second-order valence-corrected chi connectivity index (χ2v) is 7.53. The van der Waals surface area contributed by atoms with Crippen molar-refractivity contribution in [2.75, 3.05) is 20.3 Å². The summed E-state index contributed by atoms with van der Waals surface area (Å²) in [5.41, 5.74) is 2.76. The van der Waals surface area contributed by atoms with Crippen molar-refractivity contribution in [3.63, 3.8) is 0 Å². The van der Waals surface area contributed by atoms with Crippen molar-refractivity contribution in [2.45, 2.75) is 32.0 Å². The lowest BCUT2D eigenvalue weighted by atomic mass is 10.1. The van der Waals surface area contributed by atoms with E-state index in [1.807, 2.05) is 70.4 Å². The van der Waals surface area contributed by atoms with Gasteiger partial charge >= 0.3 is 0 Å². The summed E-state index contributed by atoms with van der Waals surface area (Å²) in [6.07, 6.45) is 5.80. The van der Waals surface area contributed by atoms with Crippen molar-refractivity contribution >= 4 is 5.91 Å². The molecule has 0 bridgehead atoms. The van der Waals surface area contributed by atoms with Gasteiger partial charge in [-0.1, -0.05) is 30.3 Å². The molecule has 6 heteroatoms. The Balaban J connectivity index is 1.52. The molecule has 156 valence electrons. The summed E-state index contributed by atoms with van der Waals surface area (Å²) in [5, 5.41) is 4.23. The summed E-state index contributed by atoms with van der Waals surface area (Å²) < 4.78 is 13.2. The molecule has 0 spiro atoms. The van der Waals surface area contributed by atoms with Gasteiger partial charge in [-0.05, 0) is 42.7 Å². The third kappa shape index (κ3) is 4.89. The van der Waals surface area contributed by atoms with E-state index < -0.39 is 0 Å². The molecule has 4 rings (SSSR count). The van der Waals surface area contributed by atoms with Crippen molar-refractivity contribution in [3.05, 3.63) is 83.7 Å². The number of methoxy groups -OCH3 is 1. The lowest BCUT2D eigenvalue weighted by Crippen LogP contribution is -2.37. The van der Waals surface area contributed by atoms with Gasteiger partial charge in [0.25, 0.3) is 5.91 Å². The summed E-state index contributed by atoms with van der Waals surface area (Å²) in [6, 6.07) is 17.5. The zero-order chi connectivity index (χ0) is 20.8. The molecule has 0 N–H and O–H groups in total. The predicted molar refractivity (Wildman–Crippen MR) is 114 cm³/mol. The first kappa shape index (κ1) is 20.2. The Bertz CT molecular complexity index is 948. The van der Waals surface area contributed by atoms with Crippen molar-refractivity contribution in [1.29, 1.82) is 0 Å². The first-order valence-electron chi connectivity index (χ1n) is 10.3. The average Bonchev–Trinajstić information content (AvgIpc) is 3.48. The maximum Gasteiger partial charge on any atom is 0.254 e. The molecule has 1 atom stereocenters. The minimum atomic E-state index is 0.00189. The molecule has 1 amide bonds. The number of rotatable bonds is 8. The number of carbonyl (C=O) groups is 1. The van der Waals surface area contributed by atoms with Crippen molar-refractivity contribution in [2.24, 2.45) is 0 Å². The van der Waals surface area contributed by atoms with Crippen molar-refractivity contribution in [1.82, 2.24) is 14.7 Å². The molecule has 1 aliphatic heterocycles. The van der Waals surface area contributed by atoms with Crippen molar-refractivity contribution < 1.29 is 14.3 Å². The smallest absolute Gasteiger partial charge is 0.254 e. The van der Waals surface area contributed by atoms with Crippen LogP contribution in [0.5, 0.6) is 5.75 Å². The maximum atomic E-state index is 13.4. The largest absolute Gasteiger partial charge is 0.496 e. The number of nitrogens with zero attached hydrogens (tertiary/aromatic N) is 3. The number of para-hydroxylation sites is 1. The molecular formula is C24H27N3O3.